The Morgan fingerprint density at radius 3 is 2.57 bits per heavy atom. The molecule has 0 aromatic carbocycles. The zero-order valence-corrected chi connectivity index (χ0v) is 11.8. The minimum absolute atomic E-state index is 0.325. The Kier molecular flexibility index (Phi) is 4.55. The van der Waals surface area contributed by atoms with E-state index in [0.29, 0.717) is 23.7 Å². The molecule has 110 valence electrons. The minimum atomic E-state index is -0.451. The van der Waals surface area contributed by atoms with Crippen LogP contribution in [-0.2, 0) is 7.05 Å². The molecule has 2 amide bonds. The second-order valence-corrected chi connectivity index (χ2v) is 4.23. The van der Waals surface area contributed by atoms with Crippen LogP contribution in [-0.4, -0.2) is 28.0 Å². The average molecular weight is 288 g/mol. The number of hydrogen-bond donors (Lipinski definition) is 2. The number of aromatic nitrogens is 2. The molecule has 0 saturated heterocycles. The van der Waals surface area contributed by atoms with Crippen LogP contribution in [0, 0.1) is 0 Å². The number of carbonyl (C=O) groups excluding carboxylic acids is 2. The predicted octanol–water partition coefficient (Wildman–Crippen LogP) is 0.894. The van der Waals surface area contributed by atoms with Crippen molar-refractivity contribution in [3.05, 3.63) is 47.9 Å². The van der Waals surface area contributed by atoms with Gasteiger partial charge in [0.15, 0.2) is 0 Å². The van der Waals surface area contributed by atoms with Gasteiger partial charge in [-0.3, -0.25) is 20.4 Å². The van der Waals surface area contributed by atoms with Gasteiger partial charge in [0, 0.05) is 25.5 Å². The van der Waals surface area contributed by atoms with Crippen molar-refractivity contribution < 1.29 is 14.3 Å². The molecule has 2 aromatic rings. The van der Waals surface area contributed by atoms with Crippen LogP contribution in [0.4, 0.5) is 0 Å². The van der Waals surface area contributed by atoms with Crippen LogP contribution >= 0.6 is 0 Å². The number of hydrazine groups is 1. The number of pyridine rings is 1. The van der Waals surface area contributed by atoms with Gasteiger partial charge in [-0.25, -0.2) is 4.98 Å². The second-order valence-electron chi connectivity index (χ2n) is 4.23. The Balaban J connectivity index is 1.92. The van der Waals surface area contributed by atoms with Gasteiger partial charge in [0.2, 0.25) is 5.88 Å². The second kappa shape index (κ2) is 6.56. The molecule has 0 radical (unpaired) electrons. The molecule has 0 bridgehead atoms. The number of carbonyl (C=O) groups is 2. The molecule has 2 N–H and O–H groups in total. The van der Waals surface area contributed by atoms with E-state index >= 15 is 0 Å². The van der Waals surface area contributed by atoms with Crippen molar-refractivity contribution in [2.75, 3.05) is 6.61 Å². The quantitative estimate of drug-likeness (QED) is 0.818. The van der Waals surface area contributed by atoms with E-state index in [0.717, 1.165) is 0 Å². The Morgan fingerprint density at radius 1 is 1.24 bits per heavy atom. The first-order valence-electron chi connectivity index (χ1n) is 6.42. The highest BCUT2D eigenvalue weighted by molar-refractivity contribution is 5.98. The van der Waals surface area contributed by atoms with Gasteiger partial charge in [-0.1, -0.05) is 0 Å². The van der Waals surface area contributed by atoms with E-state index in [2.05, 4.69) is 15.8 Å². The minimum Gasteiger partial charge on any atom is -0.478 e. The fraction of sp³-hybridized carbons (Fsp3) is 0.214. The molecule has 2 rings (SSSR count). The third kappa shape index (κ3) is 3.59. The molecule has 7 heteroatoms. The molecular weight excluding hydrogens is 272 g/mol. The summed E-state index contributed by atoms with van der Waals surface area (Å²) in [5.74, 6) is -0.398. The fourth-order valence-corrected chi connectivity index (χ4v) is 1.69. The first kappa shape index (κ1) is 14.6. The maximum Gasteiger partial charge on any atom is 0.286 e. The van der Waals surface area contributed by atoms with E-state index in [4.69, 9.17) is 4.74 Å². The molecule has 0 spiro atoms. The van der Waals surface area contributed by atoms with E-state index in [1.165, 1.54) is 6.20 Å². The maximum atomic E-state index is 11.9. The van der Waals surface area contributed by atoms with Gasteiger partial charge in [-0.15, -0.1) is 0 Å². The van der Waals surface area contributed by atoms with E-state index in [1.54, 1.807) is 42.1 Å². The predicted molar refractivity (Wildman–Crippen MR) is 75.8 cm³/mol. The summed E-state index contributed by atoms with van der Waals surface area (Å²) in [6, 6.07) is 6.56. The lowest BCUT2D eigenvalue weighted by Gasteiger charge is -2.08. The molecule has 7 nitrogen and oxygen atoms in total. The van der Waals surface area contributed by atoms with Crippen LogP contribution < -0.4 is 15.6 Å². The standard InChI is InChI=1S/C14H16N4O3/c1-3-21-12-7-6-10(9-15-12)13(19)16-17-14(20)11-5-4-8-18(11)2/h4-9H,3H2,1-2H3,(H,16,19)(H,17,20). The lowest BCUT2D eigenvalue weighted by atomic mass is 10.3. The van der Waals surface area contributed by atoms with Crippen LogP contribution in [0.25, 0.3) is 0 Å². The molecule has 0 aliphatic rings. The largest absolute Gasteiger partial charge is 0.478 e. The number of ether oxygens (including phenoxy) is 1. The summed E-state index contributed by atoms with van der Waals surface area (Å²) in [6.45, 7) is 2.35. The van der Waals surface area contributed by atoms with Crippen molar-refractivity contribution in [2.45, 2.75) is 6.92 Å². The molecule has 0 aliphatic heterocycles. The zero-order chi connectivity index (χ0) is 15.2. The smallest absolute Gasteiger partial charge is 0.286 e. The molecular formula is C14H16N4O3. The lowest BCUT2D eigenvalue weighted by Crippen LogP contribution is -2.42. The van der Waals surface area contributed by atoms with Gasteiger partial charge in [-0.05, 0) is 25.1 Å². The lowest BCUT2D eigenvalue weighted by molar-refractivity contribution is 0.0842. The topological polar surface area (TPSA) is 85.3 Å². The SMILES string of the molecule is CCOc1ccc(C(=O)NNC(=O)c2cccn2C)cn1. The van der Waals surface area contributed by atoms with Crippen molar-refractivity contribution in [3.8, 4) is 5.88 Å². The van der Waals surface area contributed by atoms with Crippen LogP contribution in [0.5, 0.6) is 5.88 Å². The molecule has 0 unspecified atom stereocenters. The molecule has 0 saturated carbocycles. The fourth-order valence-electron chi connectivity index (χ4n) is 1.69. The highest BCUT2D eigenvalue weighted by Gasteiger charge is 2.11. The Hall–Kier alpha value is -2.83. The number of nitrogens with zero attached hydrogens (tertiary/aromatic N) is 2. The third-order valence-electron chi connectivity index (χ3n) is 2.76. The van der Waals surface area contributed by atoms with Gasteiger partial charge >= 0.3 is 0 Å². The summed E-state index contributed by atoms with van der Waals surface area (Å²) in [4.78, 5) is 27.7. The molecule has 2 aromatic heterocycles. The normalized spacial score (nSPS) is 10.0. The molecule has 21 heavy (non-hydrogen) atoms. The van der Waals surface area contributed by atoms with Crippen molar-refractivity contribution in [1.82, 2.24) is 20.4 Å². The molecule has 0 atom stereocenters. The summed E-state index contributed by atoms with van der Waals surface area (Å²) in [5, 5.41) is 0. The van der Waals surface area contributed by atoms with Crippen molar-refractivity contribution in [2.24, 2.45) is 7.05 Å². The summed E-state index contributed by atoms with van der Waals surface area (Å²) < 4.78 is 6.84. The number of hydrogen-bond acceptors (Lipinski definition) is 4. The highest BCUT2D eigenvalue weighted by atomic mass is 16.5. The summed E-state index contributed by atoms with van der Waals surface area (Å²) in [5.41, 5.74) is 5.45. The van der Waals surface area contributed by atoms with Crippen molar-refractivity contribution in [1.29, 1.82) is 0 Å². The average Bonchev–Trinajstić information content (AvgIpc) is 2.92. The number of rotatable bonds is 4. The Labute approximate surface area is 121 Å². The Morgan fingerprint density at radius 2 is 2.00 bits per heavy atom. The third-order valence-corrected chi connectivity index (χ3v) is 2.76. The van der Waals surface area contributed by atoms with Crippen LogP contribution in [0.15, 0.2) is 36.7 Å². The van der Waals surface area contributed by atoms with Crippen LogP contribution in [0.3, 0.4) is 0 Å². The molecule has 0 aliphatic carbocycles. The number of nitrogens with one attached hydrogen (secondary N) is 2. The molecule has 2 heterocycles. The summed E-state index contributed by atoms with van der Waals surface area (Å²) in [6.07, 6.45) is 3.13. The monoisotopic (exact) mass is 288 g/mol. The van der Waals surface area contributed by atoms with E-state index in [9.17, 15) is 9.59 Å². The number of aryl methyl sites for hydroxylation is 1. The van der Waals surface area contributed by atoms with Gasteiger partial charge in [0.1, 0.15) is 5.69 Å². The summed E-state index contributed by atoms with van der Waals surface area (Å²) in [7, 11) is 1.74. The first-order valence-corrected chi connectivity index (χ1v) is 6.42. The van der Waals surface area contributed by atoms with Crippen LogP contribution in [0.2, 0.25) is 0 Å². The number of amides is 2. The zero-order valence-electron chi connectivity index (χ0n) is 11.8. The molecule has 0 fully saturated rings. The van der Waals surface area contributed by atoms with Crippen molar-refractivity contribution >= 4 is 11.8 Å². The first-order chi connectivity index (χ1) is 10.1. The van der Waals surface area contributed by atoms with Gasteiger partial charge < -0.3 is 9.30 Å². The van der Waals surface area contributed by atoms with E-state index < -0.39 is 11.8 Å². The highest BCUT2D eigenvalue weighted by Crippen LogP contribution is 2.07. The van der Waals surface area contributed by atoms with E-state index in [-0.39, 0.29) is 0 Å². The van der Waals surface area contributed by atoms with Gasteiger partial charge in [0.05, 0.1) is 12.2 Å². The maximum absolute atomic E-state index is 11.9. The van der Waals surface area contributed by atoms with Gasteiger partial charge in [-0.2, -0.15) is 0 Å². The van der Waals surface area contributed by atoms with Crippen LogP contribution in [0.1, 0.15) is 27.8 Å². The summed E-state index contributed by atoms with van der Waals surface area (Å²) >= 11 is 0. The Bertz CT molecular complexity index is 634. The van der Waals surface area contributed by atoms with Gasteiger partial charge in [0.25, 0.3) is 11.8 Å². The van der Waals surface area contributed by atoms with E-state index in [1.807, 2.05) is 6.92 Å². The van der Waals surface area contributed by atoms with Crippen molar-refractivity contribution in [3.63, 3.8) is 0 Å².